The van der Waals surface area contributed by atoms with E-state index in [0.717, 1.165) is 26.4 Å². The van der Waals surface area contributed by atoms with E-state index in [4.69, 9.17) is 4.74 Å². The zero-order valence-electron chi connectivity index (χ0n) is 14.4. The number of hydrogen-bond acceptors (Lipinski definition) is 5. The molecule has 0 fully saturated rings. The van der Waals surface area contributed by atoms with Crippen LogP contribution in [0.2, 0.25) is 0 Å². The standard InChI is InChI=1S/C20H16N2O3S2/c1-25-13-5-4-12-9-16(22-15(12)10-13)20(24)21-11-14-6-7-18(27-14)19(23)17-3-2-8-26-17/h2-10,22H,11H2,1H3,(H,21,24). The highest BCUT2D eigenvalue weighted by Crippen LogP contribution is 2.23. The topological polar surface area (TPSA) is 71.2 Å². The third-order valence-corrected chi connectivity index (χ3v) is 6.08. The number of methoxy groups -OCH3 is 1. The number of benzene rings is 1. The molecule has 0 radical (unpaired) electrons. The molecule has 1 amide bonds. The largest absolute Gasteiger partial charge is 0.497 e. The van der Waals surface area contributed by atoms with Crippen LogP contribution in [0, 0.1) is 0 Å². The lowest BCUT2D eigenvalue weighted by Gasteiger charge is -2.01. The van der Waals surface area contributed by atoms with Gasteiger partial charge < -0.3 is 15.0 Å². The van der Waals surface area contributed by atoms with E-state index >= 15 is 0 Å². The highest BCUT2D eigenvalue weighted by Gasteiger charge is 2.14. The Hall–Kier alpha value is -2.90. The Labute approximate surface area is 163 Å². The summed E-state index contributed by atoms with van der Waals surface area (Å²) in [6, 6.07) is 14.8. The molecule has 0 saturated carbocycles. The van der Waals surface area contributed by atoms with Crippen molar-refractivity contribution in [1.82, 2.24) is 10.3 Å². The van der Waals surface area contributed by atoms with Crippen LogP contribution in [0.4, 0.5) is 0 Å². The number of fused-ring (bicyclic) bond motifs is 1. The molecule has 4 aromatic rings. The molecule has 0 aliphatic carbocycles. The summed E-state index contributed by atoms with van der Waals surface area (Å²) in [6.45, 7) is 0.375. The van der Waals surface area contributed by atoms with Crippen LogP contribution in [0.25, 0.3) is 10.9 Å². The number of amides is 1. The lowest BCUT2D eigenvalue weighted by atomic mass is 10.2. The van der Waals surface area contributed by atoms with Gasteiger partial charge in [0.25, 0.3) is 5.91 Å². The van der Waals surface area contributed by atoms with Crippen LogP contribution in [-0.4, -0.2) is 23.8 Å². The molecule has 0 unspecified atom stereocenters. The number of hydrogen-bond donors (Lipinski definition) is 2. The summed E-state index contributed by atoms with van der Waals surface area (Å²) in [7, 11) is 1.61. The molecule has 5 nitrogen and oxygen atoms in total. The fourth-order valence-electron chi connectivity index (χ4n) is 2.74. The van der Waals surface area contributed by atoms with E-state index < -0.39 is 0 Å². The van der Waals surface area contributed by atoms with E-state index in [1.165, 1.54) is 22.7 Å². The van der Waals surface area contributed by atoms with Gasteiger partial charge in [-0.25, -0.2) is 0 Å². The monoisotopic (exact) mass is 396 g/mol. The molecule has 3 aromatic heterocycles. The summed E-state index contributed by atoms with van der Waals surface area (Å²) < 4.78 is 5.20. The van der Waals surface area contributed by atoms with Gasteiger partial charge in [-0.2, -0.15) is 0 Å². The van der Waals surface area contributed by atoms with Gasteiger partial charge in [0.05, 0.1) is 23.4 Å². The van der Waals surface area contributed by atoms with Crippen molar-refractivity contribution in [2.24, 2.45) is 0 Å². The van der Waals surface area contributed by atoms with Crippen LogP contribution in [0.15, 0.2) is 53.9 Å². The van der Waals surface area contributed by atoms with Crippen molar-refractivity contribution in [2.45, 2.75) is 6.54 Å². The Morgan fingerprint density at radius 2 is 2.00 bits per heavy atom. The summed E-state index contributed by atoms with van der Waals surface area (Å²) in [5.41, 5.74) is 1.34. The van der Waals surface area contributed by atoms with E-state index in [1.54, 1.807) is 7.11 Å². The Morgan fingerprint density at radius 1 is 1.11 bits per heavy atom. The maximum Gasteiger partial charge on any atom is 0.268 e. The molecule has 27 heavy (non-hydrogen) atoms. The zero-order chi connectivity index (χ0) is 18.8. The van der Waals surface area contributed by atoms with E-state index in [9.17, 15) is 9.59 Å². The Balaban J connectivity index is 1.43. The average molecular weight is 396 g/mol. The fourth-order valence-corrected chi connectivity index (χ4v) is 4.39. The molecule has 1 aromatic carbocycles. The summed E-state index contributed by atoms with van der Waals surface area (Å²) in [5.74, 6) is 0.569. The third-order valence-electron chi connectivity index (χ3n) is 4.13. The lowest BCUT2D eigenvalue weighted by Crippen LogP contribution is -2.22. The van der Waals surface area contributed by atoms with E-state index in [1.807, 2.05) is 53.9 Å². The van der Waals surface area contributed by atoms with Crippen LogP contribution in [0.5, 0.6) is 5.75 Å². The number of thiophene rings is 2. The predicted molar refractivity (Wildman–Crippen MR) is 108 cm³/mol. The molecule has 7 heteroatoms. The number of carbonyl (C=O) groups is 2. The van der Waals surface area contributed by atoms with E-state index in [2.05, 4.69) is 10.3 Å². The molecule has 0 aliphatic heterocycles. The maximum absolute atomic E-state index is 12.4. The fraction of sp³-hybridized carbons (Fsp3) is 0.100. The summed E-state index contributed by atoms with van der Waals surface area (Å²) in [6.07, 6.45) is 0. The van der Waals surface area contributed by atoms with Gasteiger partial charge in [0, 0.05) is 21.8 Å². The molecule has 0 saturated heterocycles. The minimum absolute atomic E-state index is 0.0251. The highest BCUT2D eigenvalue weighted by atomic mass is 32.1. The number of carbonyl (C=O) groups excluding carboxylic acids is 2. The van der Waals surface area contributed by atoms with Gasteiger partial charge in [0.15, 0.2) is 0 Å². The third kappa shape index (κ3) is 3.65. The van der Waals surface area contributed by atoms with Gasteiger partial charge in [-0.15, -0.1) is 22.7 Å². The first-order valence-corrected chi connectivity index (χ1v) is 9.95. The van der Waals surface area contributed by atoms with Gasteiger partial charge >= 0.3 is 0 Å². The first-order chi connectivity index (χ1) is 13.1. The minimum atomic E-state index is -0.190. The highest BCUT2D eigenvalue weighted by molar-refractivity contribution is 7.16. The number of aromatic amines is 1. The number of aromatic nitrogens is 1. The SMILES string of the molecule is COc1ccc2cc(C(=O)NCc3ccc(C(=O)c4cccs4)s3)[nH]c2c1. The molecular weight excluding hydrogens is 380 g/mol. The van der Waals surface area contributed by atoms with Crippen molar-refractivity contribution >= 4 is 45.3 Å². The Bertz CT molecular complexity index is 1110. The van der Waals surface area contributed by atoms with E-state index in [0.29, 0.717) is 17.1 Å². The van der Waals surface area contributed by atoms with Gasteiger partial charge in [-0.05, 0) is 41.8 Å². The van der Waals surface area contributed by atoms with Crippen molar-refractivity contribution in [1.29, 1.82) is 0 Å². The van der Waals surface area contributed by atoms with E-state index in [-0.39, 0.29) is 11.7 Å². The van der Waals surface area contributed by atoms with Crippen LogP contribution >= 0.6 is 22.7 Å². The maximum atomic E-state index is 12.4. The van der Waals surface area contributed by atoms with Crippen molar-refractivity contribution in [3.63, 3.8) is 0 Å². The molecule has 0 aliphatic rings. The average Bonchev–Trinajstić information content (AvgIpc) is 3.45. The number of nitrogens with one attached hydrogen (secondary N) is 2. The molecule has 4 rings (SSSR count). The molecule has 0 bridgehead atoms. The molecule has 136 valence electrons. The van der Waals surface area contributed by atoms with Crippen LogP contribution < -0.4 is 10.1 Å². The second-order valence-electron chi connectivity index (χ2n) is 5.89. The lowest BCUT2D eigenvalue weighted by molar-refractivity contribution is 0.0946. The number of ketones is 1. The normalized spacial score (nSPS) is 10.9. The Morgan fingerprint density at radius 3 is 2.78 bits per heavy atom. The van der Waals surface area contributed by atoms with Crippen LogP contribution in [-0.2, 0) is 6.54 Å². The van der Waals surface area contributed by atoms with Crippen molar-refractivity contribution in [3.8, 4) is 5.75 Å². The quantitative estimate of drug-likeness (QED) is 0.473. The number of ether oxygens (including phenoxy) is 1. The van der Waals surface area contributed by atoms with Gasteiger partial charge in [-0.1, -0.05) is 6.07 Å². The number of H-pyrrole nitrogens is 1. The minimum Gasteiger partial charge on any atom is -0.497 e. The summed E-state index contributed by atoms with van der Waals surface area (Å²) >= 11 is 2.83. The zero-order valence-corrected chi connectivity index (χ0v) is 16.1. The smallest absolute Gasteiger partial charge is 0.268 e. The number of rotatable bonds is 6. The van der Waals surface area contributed by atoms with Crippen molar-refractivity contribution < 1.29 is 14.3 Å². The van der Waals surface area contributed by atoms with Crippen LogP contribution in [0.1, 0.15) is 29.9 Å². The first kappa shape index (κ1) is 17.5. The summed E-state index contributed by atoms with van der Waals surface area (Å²) in [4.78, 5) is 30.2. The molecule has 0 atom stereocenters. The molecule has 0 spiro atoms. The van der Waals surface area contributed by atoms with Gasteiger partial charge in [0.1, 0.15) is 11.4 Å². The predicted octanol–water partition coefficient (Wildman–Crippen LogP) is 4.46. The first-order valence-electron chi connectivity index (χ1n) is 8.26. The second-order valence-corrected chi connectivity index (χ2v) is 8.01. The van der Waals surface area contributed by atoms with Crippen molar-refractivity contribution in [2.75, 3.05) is 7.11 Å². The van der Waals surface area contributed by atoms with Gasteiger partial charge in [0.2, 0.25) is 5.78 Å². The molecule has 2 N–H and O–H groups in total. The van der Waals surface area contributed by atoms with Crippen LogP contribution in [0.3, 0.4) is 0 Å². The molecular formula is C20H16N2O3S2. The molecule has 3 heterocycles. The Kier molecular flexibility index (Phi) is 4.79. The van der Waals surface area contributed by atoms with Crippen molar-refractivity contribution in [3.05, 3.63) is 74.2 Å². The summed E-state index contributed by atoms with van der Waals surface area (Å²) in [5, 5.41) is 5.72. The van der Waals surface area contributed by atoms with Gasteiger partial charge in [-0.3, -0.25) is 9.59 Å². The second kappa shape index (κ2) is 7.38.